The first kappa shape index (κ1) is 39.9. The first-order chi connectivity index (χ1) is 27.8. The van der Waals surface area contributed by atoms with Gasteiger partial charge in [-0.3, -0.25) is 14.8 Å². The number of ether oxygens (including phenoxy) is 1. The molecule has 2 aromatic heterocycles. The molecule has 0 radical (unpaired) electrons. The zero-order valence-electron chi connectivity index (χ0n) is 33.1. The molecule has 1 spiro atoms. The Morgan fingerprint density at radius 1 is 0.897 bits per heavy atom. The topological polar surface area (TPSA) is 129 Å². The first-order valence-electron chi connectivity index (χ1n) is 19.6. The van der Waals surface area contributed by atoms with Crippen molar-refractivity contribution < 1.29 is 22.9 Å². The number of amides is 1. The third kappa shape index (κ3) is 8.20. The van der Waals surface area contributed by atoms with E-state index in [1.807, 2.05) is 21.9 Å². The maximum atomic E-state index is 13.8. The summed E-state index contributed by atoms with van der Waals surface area (Å²) >= 11 is 3.57. The molecule has 5 heterocycles. The first-order valence-corrected chi connectivity index (χ1v) is 23.0. The second-order valence-electron chi connectivity index (χ2n) is 16.1. The van der Waals surface area contributed by atoms with Crippen LogP contribution in [0.2, 0.25) is 0 Å². The largest absolute Gasteiger partial charge is 0.494 e. The number of carbonyl (C=O) groups is 1. The number of rotatable bonds is 9. The summed E-state index contributed by atoms with van der Waals surface area (Å²) in [5, 5.41) is 7.31. The number of methoxy groups -OCH3 is 1. The van der Waals surface area contributed by atoms with Crippen molar-refractivity contribution >= 4 is 79.8 Å². The molecule has 3 saturated heterocycles. The minimum absolute atomic E-state index is 0.156. The SMILES string of the molecule is COc1cc(N2CCC3(CCN(C(=O)[C@@H]4CCN(c5cc(F)cc(F)c5)C4)CC3)CC2)c(C)cc1Nc1ncc(Br)c(Nc2ccc3nccnc3c2P(C)(C)=O)n1. The van der Waals surface area contributed by atoms with E-state index in [1.54, 1.807) is 39.0 Å². The van der Waals surface area contributed by atoms with E-state index in [9.17, 15) is 18.1 Å². The Kier molecular flexibility index (Phi) is 11.0. The predicted octanol–water partition coefficient (Wildman–Crippen LogP) is 8.25. The van der Waals surface area contributed by atoms with Gasteiger partial charge in [0.05, 0.1) is 39.7 Å². The number of halogens is 3. The molecule has 0 unspecified atom stereocenters. The van der Waals surface area contributed by atoms with Gasteiger partial charge in [-0.15, -0.1) is 0 Å². The normalized spacial score (nSPS) is 18.2. The summed E-state index contributed by atoms with van der Waals surface area (Å²) in [5.41, 5.74) is 5.50. The number of likely N-dealkylation sites (tertiary alicyclic amines) is 1. The van der Waals surface area contributed by atoms with Gasteiger partial charge in [-0.1, -0.05) is 0 Å². The molecule has 0 aliphatic carbocycles. The molecule has 3 aliphatic rings. The van der Waals surface area contributed by atoms with Gasteiger partial charge in [-0.2, -0.15) is 4.98 Å². The highest BCUT2D eigenvalue weighted by atomic mass is 79.9. The zero-order chi connectivity index (χ0) is 40.8. The van der Waals surface area contributed by atoms with Crippen LogP contribution in [0.3, 0.4) is 0 Å². The van der Waals surface area contributed by atoms with Crippen LogP contribution < -0.4 is 30.5 Å². The van der Waals surface area contributed by atoms with Crippen molar-refractivity contribution in [3.8, 4) is 5.75 Å². The molecule has 12 nitrogen and oxygen atoms in total. The highest BCUT2D eigenvalue weighted by Crippen LogP contribution is 2.45. The van der Waals surface area contributed by atoms with Crippen LogP contribution in [0.15, 0.2) is 65.5 Å². The maximum Gasteiger partial charge on any atom is 0.229 e. The molecule has 3 aromatic carbocycles. The molecule has 2 N–H and O–H groups in total. The van der Waals surface area contributed by atoms with E-state index in [1.165, 1.54) is 12.1 Å². The Bertz CT molecular complexity index is 2400. The van der Waals surface area contributed by atoms with Crippen LogP contribution in [0.5, 0.6) is 5.75 Å². The van der Waals surface area contributed by atoms with Crippen LogP contribution in [0, 0.1) is 29.9 Å². The van der Waals surface area contributed by atoms with Crippen molar-refractivity contribution in [2.75, 3.05) is 80.1 Å². The summed E-state index contributed by atoms with van der Waals surface area (Å²) < 4.78 is 47.7. The fourth-order valence-corrected chi connectivity index (χ4v) is 10.5. The number of benzene rings is 3. The summed E-state index contributed by atoms with van der Waals surface area (Å²) in [6.07, 6.45) is 9.59. The summed E-state index contributed by atoms with van der Waals surface area (Å²) in [7, 11) is -1.13. The van der Waals surface area contributed by atoms with Crippen LogP contribution in [0.1, 0.15) is 37.7 Å². The molecular formula is C42H47BrF2N9O3P. The third-order valence-electron chi connectivity index (χ3n) is 12.0. The highest BCUT2D eigenvalue weighted by molar-refractivity contribution is 9.10. The Morgan fingerprint density at radius 2 is 1.60 bits per heavy atom. The van der Waals surface area contributed by atoms with Crippen LogP contribution in [-0.2, 0) is 9.36 Å². The molecule has 58 heavy (non-hydrogen) atoms. The second kappa shape index (κ2) is 16.1. The fourth-order valence-electron chi connectivity index (χ4n) is 8.82. The van der Waals surface area contributed by atoms with Gasteiger partial charge in [-0.05, 0) is 110 Å². The number of aryl methyl sites for hydroxylation is 1. The predicted molar refractivity (Wildman–Crippen MR) is 229 cm³/mol. The Hall–Kier alpha value is -4.88. The molecule has 0 saturated carbocycles. The van der Waals surface area contributed by atoms with E-state index >= 15 is 0 Å². The van der Waals surface area contributed by atoms with Gasteiger partial charge in [0.15, 0.2) is 0 Å². The van der Waals surface area contributed by atoms with Crippen molar-refractivity contribution in [1.29, 1.82) is 0 Å². The van der Waals surface area contributed by atoms with Gasteiger partial charge in [-0.25, -0.2) is 13.8 Å². The van der Waals surface area contributed by atoms with E-state index in [-0.39, 0.29) is 17.2 Å². The minimum Gasteiger partial charge on any atom is -0.494 e. The Morgan fingerprint density at radius 3 is 2.31 bits per heavy atom. The molecular weight excluding hydrogens is 827 g/mol. The Balaban J connectivity index is 0.900. The summed E-state index contributed by atoms with van der Waals surface area (Å²) in [5.74, 6) is 0.291. The van der Waals surface area contributed by atoms with E-state index in [0.29, 0.717) is 69.2 Å². The maximum absolute atomic E-state index is 13.8. The number of piperidine rings is 2. The average molecular weight is 875 g/mol. The monoisotopic (exact) mass is 873 g/mol. The molecule has 1 atom stereocenters. The van der Waals surface area contributed by atoms with Gasteiger partial charge in [0, 0.05) is 81.4 Å². The summed E-state index contributed by atoms with van der Waals surface area (Å²) in [4.78, 5) is 38.1. The third-order valence-corrected chi connectivity index (χ3v) is 14.1. The van der Waals surface area contributed by atoms with Crippen LogP contribution >= 0.6 is 23.1 Å². The van der Waals surface area contributed by atoms with Gasteiger partial charge < -0.3 is 34.6 Å². The van der Waals surface area contributed by atoms with E-state index in [2.05, 4.69) is 65.5 Å². The van der Waals surface area contributed by atoms with Crippen molar-refractivity contribution in [2.45, 2.75) is 39.0 Å². The van der Waals surface area contributed by atoms with Crippen molar-refractivity contribution in [2.24, 2.45) is 11.3 Å². The number of hydrogen-bond acceptors (Lipinski definition) is 11. The molecule has 16 heteroatoms. The standard InChI is InChI=1S/C42H47BrF2N9O3P/c1-26-19-34(50-41-48-24-31(43)39(51-41)49-33-6-5-32-37(47-13-12-46-32)38(33)58(3,4)56)36(57-2)23-35(26)52-15-8-42(9-16-52)10-17-53(18-11-42)40(55)27-7-14-54(25-27)30-21-28(44)20-29(45)22-30/h5-6,12-13,19-24,27H,7-11,14-18,25H2,1-4H3,(H2,48,49,50,51)/t27-/m1/s1. The van der Waals surface area contributed by atoms with Gasteiger partial charge in [0.25, 0.3) is 0 Å². The minimum atomic E-state index is -2.78. The number of aromatic nitrogens is 4. The van der Waals surface area contributed by atoms with Crippen molar-refractivity contribution in [3.05, 3.63) is 82.7 Å². The van der Waals surface area contributed by atoms with E-state index < -0.39 is 18.8 Å². The summed E-state index contributed by atoms with van der Waals surface area (Å²) in [6, 6.07) is 11.4. The zero-order valence-corrected chi connectivity index (χ0v) is 35.5. The number of nitrogens with zero attached hydrogens (tertiary/aromatic N) is 7. The number of hydrogen-bond donors (Lipinski definition) is 2. The van der Waals surface area contributed by atoms with Gasteiger partial charge in [0.2, 0.25) is 11.9 Å². The number of anilines is 6. The van der Waals surface area contributed by atoms with Crippen LogP contribution in [-0.4, -0.2) is 90.5 Å². The second-order valence-corrected chi connectivity index (χ2v) is 20.1. The molecule has 0 bridgehead atoms. The lowest BCUT2D eigenvalue weighted by molar-refractivity contribution is -0.137. The quantitative estimate of drug-likeness (QED) is 0.139. The molecule has 8 rings (SSSR count). The smallest absolute Gasteiger partial charge is 0.229 e. The molecule has 3 aliphatic heterocycles. The lowest BCUT2D eigenvalue weighted by Gasteiger charge is -2.48. The van der Waals surface area contributed by atoms with E-state index in [4.69, 9.17) is 9.72 Å². The van der Waals surface area contributed by atoms with Gasteiger partial charge >= 0.3 is 0 Å². The summed E-state index contributed by atoms with van der Waals surface area (Å²) in [6.45, 7) is 9.90. The highest BCUT2D eigenvalue weighted by Gasteiger charge is 2.41. The fraction of sp³-hybridized carbons (Fsp3) is 0.405. The Labute approximate surface area is 345 Å². The van der Waals surface area contributed by atoms with Crippen LogP contribution in [0.25, 0.3) is 11.0 Å². The van der Waals surface area contributed by atoms with Crippen molar-refractivity contribution in [1.82, 2.24) is 24.8 Å². The van der Waals surface area contributed by atoms with Crippen molar-refractivity contribution in [3.63, 3.8) is 0 Å². The average Bonchev–Trinajstić information content (AvgIpc) is 3.70. The number of fused-ring (bicyclic) bond motifs is 1. The van der Waals surface area contributed by atoms with E-state index in [0.717, 1.165) is 74.9 Å². The molecule has 5 aromatic rings. The lowest BCUT2D eigenvalue weighted by Crippen LogP contribution is -2.49. The number of carbonyl (C=O) groups excluding carboxylic acids is 1. The molecule has 304 valence electrons. The lowest BCUT2D eigenvalue weighted by atomic mass is 9.71. The molecule has 1 amide bonds. The van der Waals surface area contributed by atoms with Crippen LogP contribution in [0.4, 0.5) is 43.3 Å². The van der Waals surface area contributed by atoms with Gasteiger partial charge in [0.1, 0.15) is 35.9 Å². The number of nitrogens with one attached hydrogen (secondary N) is 2. The molecule has 3 fully saturated rings.